The van der Waals surface area contributed by atoms with Crippen LogP contribution in [0.25, 0.3) is 0 Å². The van der Waals surface area contributed by atoms with Gasteiger partial charge in [-0.2, -0.15) is 17.6 Å². The van der Waals surface area contributed by atoms with Crippen molar-refractivity contribution >= 4 is 18.0 Å². The largest absolute Gasteiger partial charge is 0.462 e. The molecule has 5 nitrogen and oxygen atoms in total. The van der Waals surface area contributed by atoms with E-state index >= 15 is 0 Å². The molecule has 122 valence electrons. The summed E-state index contributed by atoms with van der Waals surface area (Å²) in [6.45, 7) is 1.22. The number of hydrogen-bond donors (Lipinski definition) is 1. The van der Waals surface area contributed by atoms with Crippen molar-refractivity contribution in [3.8, 4) is 0 Å². The van der Waals surface area contributed by atoms with Gasteiger partial charge in [0.1, 0.15) is 18.1 Å². The Kier molecular flexibility index (Phi) is 4.72. The predicted molar refractivity (Wildman–Crippen MR) is 62.2 cm³/mol. The lowest BCUT2D eigenvalue weighted by atomic mass is 9.82. The van der Waals surface area contributed by atoms with Gasteiger partial charge in [0, 0.05) is 12.8 Å². The summed E-state index contributed by atoms with van der Waals surface area (Å²) in [5, 5.41) is 6.23. The summed E-state index contributed by atoms with van der Waals surface area (Å²) < 4.78 is 63.4. The molecule has 0 aromatic rings. The monoisotopic (exact) mass is 334 g/mol. The van der Waals surface area contributed by atoms with Gasteiger partial charge in [0.05, 0.1) is 0 Å². The van der Waals surface area contributed by atoms with E-state index in [-0.39, 0.29) is 18.8 Å². The summed E-state index contributed by atoms with van der Waals surface area (Å²) in [4.78, 5) is 10.9. The Hall–Kier alpha value is -0.580. The molecule has 2 aliphatic carbocycles. The Morgan fingerprint density at radius 1 is 1.19 bits per heavy atom. The maximum Gasteiger partial charge on any atom is 0.383 e. The molecule has 0 aromatic heterocycles. The smallest absolute Gasteiger partial charge is 0.383 e. The number of hydrogen-bond acceptors (Lipinski definition) is 6. The van der Waals surface area contributed by atoms with Crippen LogP contribution in [0.15, 0.2) is 0 Å². The average Bonchev–Trinajstić information content (AvgIpc) is 2.95. The fraction of sp³-hybridized carbons (Fsp3) is 0.909. The number of carbonyl (C=O) groups is 1. The van der Waals surface area contributed by atoms with Gasteiger partial charge in [-0.3, -0.25) is 4.79 Å². The molecule has 2 rings (SSSR count). The van der Waals surface area contributed by atoms with Crippen molar-refractivity contribution in [2.24, 2.45) is 17.8 Å². The Bertz CT molecular complexity index is 408. The molecule has 1 N–H and O–H groups in total. The first kappa shape index (κ1) is 16.8. The Morgan fingerprint density at radius 2 is 1.86 bits per heavy atom. The van der Waals surface area contributed by atoms with Crippen molar-refractivity contribution in [1.82, 2.24) is 0 Å². The highest BCUT2D eigenvalue weighted by Gasteiger charge is 2.68. The lowest BCUT2D eigenvalue weighted by molar-refractivity contribution is -0.434. The SMILES string of the molecule is CC(=O)OC1CC2CC1CC2C(F)(F)C(F)(F)SOOO. The summed E-state index contributed by atoms with van der Waals surface area (Å²) in [6, 6.07) is 0. The molecule has 10 heteroatoms. The van der Waals surface area contributed by atoms with Crippen LogP contribution in [0.2, 0.25) is 0 Å². The summed E-state index contributed by atoms with van der Waals surface area (Å²) in [6.07, 6.45) is -0.136. The van der Waals surface area contributed by atoms with E-state index in [2.05, 4.69) is 9.37 Å². The van der Waals surface area contributed by atoms with E-state index in [0.29, 0.717) is 6.42 Å². The van der Waals surface area contributed by atoms with Crippen molar-refractivity contribution in [2.45, 2.75) is 43.5 Å². The minimum atomic E-state index is -4.54. The van der Waals surface area contributed by atoms with E-state index in [9.17, 15) is 22.4 Å². The third-order valence-corrected chi connectivity index (χ3v) is 4.74. The topological polar surface area (TPSA) is 65.0 Å². The number of alkyl halides is 4. The molecular formula is C11H14F4O5S. The van der Waals surface area contributed by atoms with E-state index in [1.54, 1.807) is 0 Å². The van der Waals surface area contributed by atoms with E-state index in [1.165, 1.54) is 6.92 Å². The van der Waals surface area contributed by atoms with Crippen LogP contribution in [0.4, 0.5) is 17.6 Å². The van der Waals surface area contributed by atoms with Gasteiger partial charge in [-0.1, -0.05) is 5.04 Å². The summed E-state index contributed by atoms with van der Waals surface area (Å²) in [7, 11) is 0. The molecule has 0 amide bonds. The molecule has 2 aliphatic rings. The minimum absolute atomic E-state index is 0.147. The fourth-order valence-electron chi connectivity index (χ4n) is 3.35. The predicted octanol–water partition coefficient (Wildman–Crippen LogP) is 3.26. The molecule has 0 radical (unpaired) electrons. The van der Waals surface area contributed by atoms with Gasteiger partial charge < -0.3 is 4.74 Å². The maximum atomic E-state index is 14.0. The molecule has 0 aliphatic heterocycles. The number of rotatable bonds is 6. The molecule has 2 fully saturated rings. The van der Waals surface area contributed by atoms with Gasteiger partial charge in [0.2, 0.25) is 0 Å². The van der Waals surface area contributed by atoms with Crippen molar-refractivity contribution in [1.29, 1.82) is 0 Å². The zero-order valence-electron chi connectivity index (χ0n) is 10.9. The quantitative estimate of drug-likeness (QED) is 0.264. The number of fused-ring (bicyclic) bond motifs is 2. The maximum absolute atomic E-state index is 14.0. The third-order valence-electron chi connectivity index (χ3n) is 4.13. The molecular weight excluding hydrogens is 320 g/mol. The Morgan fingerprint density at radius 3 is 2.33 bits per heavy atom. The normalized spacial score (nSPS) is 32.5. The van der Waals surface area contributed by atoms with Gasteiger partial charge in [-0.05, 0) is 31.1 Å². The lowest BCUT2D eigenvalue weighted by Crippen LogP contribution is -2.47. The first-order valence-electron chi connectivity index (χ1n) is 6.27. The number of halogens is 4. The molecule has 0 spiro atoms. The molecule has 2 bridgehead atoms. The summed E-state index contributed by atoms with van der Waals surface area (Å²) in [5.41, 5.74) is 0. The minimum Gasteiger partial charge on any atom is -0.462 e. The van der Waals surface area contributed by atoms with Crippen LogP contribution < -0.4 is 0 Å². The molecule has 4 unspecified atom stereocenters. The van der Waals surface area contributed by atoms with Crippen molar-refractivity contribution in [3.63, 3.8) is 0 Å². The second-order valence-electron chi connectivity index (χ2n) is 5.35. The van der Waals surface area contributed by atoms with Crippen LogP contribution in [0.3, 0.4) is 0 Å². The van der Waals surface area contributed by atoms with Crippen LogP contribution in [-0.4, -0.2) is 28.5 Å². The fourth-order valence-corrected chi connectivity index (χ4v) is 3.73. The molecule has 0 aromatic carbocycles. The van der Waals surface area contributed by atoms with Gasteiger partial charge in [0.15, 0.2) is 0 Å². The van der Waals surface area contributed by atoms with Gasteiger partial charge in [0.25, 0.3) is 0 Å². The third kappa shape index (κ3) is 3.13. The van der Waals surface area contributed by atoms with Crippen LogP contribution in [0.1, 0.15) is 26.2 Å². The first-order valence-corrected chi connectivity index (χ1v) is 7.02. The molecule has 2 saturated carbocycles. The number of carbonyl (C=O) groups excluding carboxylic acids is 1. The summed E-state index contributed by atoms with van der Waals surface area (Å²) in [5.74, 6) is -7.33. The van der Waals surface area contributed by atoms with Crippen LogP contribution in [-0.2, 0) is 18.9 Å². The van der Waals surface area contributed by atoms with Gasteiger partial charge in [-0.15, -0.1) is 4.33 Å². The highest BCUT2D eigenvalue weighted by molar-refractivity contribution is 7.95. The highest BCUT2D eigenvalue weighted by atomic mass is 32.2. The van der Waals surface area contributed by atoms with E-state index in [0.717, 1.165) is 0 Å². The molecule has 4 atom stereocenters. The van der Waals surface area contributed by atoms with Crippen LogP contribution in [0.5, 0.6) is 0 Å². The molecule has 21 heavy (non-hydrogen) atoms. The van der Waals surface area contributed by atoms with Crippen molar-refractivity contribution < 1.29 is 41.7 Å². The van der Waals surface area contributed by atoms with Gasteiger partial charge >= 0.3 is 17.1 Å². The van der Waals surface area contributed by atoms with Crippen molar-refractivity contribution in [3.05, 3.63) is 0 Å². The molecule has 0 heterocycles. The average molecular weight is 334 g/mol. The van der Waals surface area contributed by atoms with E-state index < -0.39 is 47.1 Å². The second-order valence-corrected chi connectivity index (χ2v) is 6.16. The Balaban J connectivity index is 2.03. The zero-order valence-corrected chi connectivity index (χ0v) is 11.7. The van der Waals surface area contributed by atoms with Crippen molar-refractivity contribution in [2.75, 3.05) is 0 Å². The van der Waals surface area contributed by atoms with Crippen LogP contribution in [0, 0.1) is 17.8 Å². The number of esters is 1. The van der Waals surface area contributed by atoms with Gasteiger partial charge in [-0.25, -0.2) is 5.26 Å². The first-order chi connectivity index (χ1) is 9.69. The highest BCUT2D eigenvalue weighted by Crippen LogP contribution is 2.60. The zero-order chi connectivity index (χ0) is 15.8. The summed E-state index contributed by atoms with van der Waals surface area (Å²) >= 11 is -0.930. The number of ether oxygens (including phenoxy) is 1. The second kappa shape index (κ2) is 5.90. The van der Waals surface area contributed by atoms with E-state index in [4.69, 9.17) is 9.99 Å². The molecule has 0 saturated heterocycles. The Labute approximate surface area is 122 Å². The lowest BCUT2D eigenvalue weighted by Gasteiger charge is -2.35. The van der Waals surface area contributed by atoms with Crippen LogP contribution >= 0.6 is 12.0 Å². The standard InChI is InChI=1S/C11H14F4O5S/c1-5(16)18-9-4-6-2-7(9)3-8(6)10(12,13)11(14,15)21-20-19-17/h6-9,17H,2-4H2,1H3. The van der Waals surface area contributed by atoms with E-state index in [1.807, 2.05) is 0 Å².